The second-order valence-electron chi connectivity index (χ2n) is 4.03. The molecular formula is C16H34O2Sn. The standard InChI is InChI=1S/C4H4O2.3C4H10.Sn/c5-4-2-1-3-6-4;3*1-3-4-2;/h1-2H,3H2;3*3-4H2,1-2H3;. The molecule has 0 amide bonds. The van der Waals surface area contributed by atoms with Gasteiger partial charge in [0, 0.05) is 30.0 Å². The van der Waals surface area contributed by atoms with Crippen molar-refractivity contribution in [3.8, 4) is 0 Å². The zero-order valence-electron chi connectivity index (χ0n) is 13.9. The smallest absolute Gasteiger partial charge is 0.330 e. The molecular weight excluding hydrogens is 343 g/mol. The molecule has 0 unspecified atom stereocenters. The number of unbranched alkanes of at least 4 members (excludes halogenated alkanes) is 3. The van der Waals surface area contributed by atoms with Gasteiger partial charge in [-0.3, -0.25) is 0 Å². The monoisotopic (exact) mass is 378 g/mol. The molecule has 4 radical (unpaired) electrons. The number of esters is 1. The Bertz CT molecular complexity index is 153. The predicted octanol–water partition coefficient (Wildman–Crippen LogP) is 5.14. The Hall–Kier alpha value is 0.00870. The Labute approximate surface area is 138 Å². The summed E-state index contributed by atoms with van der Waals surface area (Å²) < 4.78 is 4.40. The Morgan fingerprint density at radius 1 is 0.842 bits per heavy atom. The molecule has 0 fully saturated rings. The van der Waals surface area contributed by atoms with Gasteiger partial charge in [0.2, 0.25) is 0 Å². The van der Waals surface area contributed by atoms with E-state index in [0.29, 0.717) is 6.61 Å². The largest absolute Gasteiger partial charge is 0.458 e. The third-order valence-corrected chi connectivity index (χ3v) is 2.08. The van der Waals surface area contributed by atoms with Gasteiger partial charge < -0.3 is 4.74 Å². The minimum absolute atomic E-state index is 0. The Morgan fingerprint density at radius 3 is 1.21 bits per heavy atom. The van der Waals surface area contributed by atoms with E-state index in [1.807, 2.05) is 0 Å². The quantitative estimate of drug-likeness (QED) is 0.503. The predicted molar refractivity (Wildman–Crippen MR) is 87.6 cm³/mol. The second kappa shape index (κ2) is 30.8. The average Bonchev–Trinajstić information content (AvgIpc) is 2.90. The maximum absolute atomic E-state index is 9.93. The first kappa shape index (κ1) is 27.4. The van der Waals surface area contributed by atoms with Crippen LogP contribution in [-0.4, -0.2) is 36.5 Å². The third-order valence-electron chi connectivity index (χ3n) is 2.08. The first-order valence-corrected chi connectivity index (χ1v) is 7.47. The van der Waals surface area contributed by atoms with Crippen molar-refractivity contribution in [2.75, 3.05) is 6.61 Å². The number of ether oxygens (including phenoxy) is 1. The van der Waals surface area contributed by atoms with Crippen molar-refractivity contribution in [2.45, 2.75) is 80.1 Å². The molecule has 0 spiro atoms. The molecule has 114 valence electrons. The van der Waals surface area contributed by atoms with Gasteiger partial charge in [-0.05, 0) is 6.08 Å². The number of carbonyl (C=O) groups is 1. The van der Waals surface area contributed by atoms with Crippen LogP contribution in [0.2, 0.25) is 0 Å². The van der Waals surface area contributed by atoms with Crippen LogP contribution in [0.25, 0.3) is 0 Å². The third kappa shape index (κ3) is 46.1. The number of cyclic esters (lactones) is 1. The first-order valence-electron chi connectivity index (χ1n) is 7.47. The fourth-order valence-electron chi connectivity index (χ4n) is 0.323. The van der Waals surface area contributed by atoms with Crippen LogP contribution in [-0.2, 0) is 9.53 Å². The van der Waals surface area contributed by atoms with Crippen LogP contribution in [0, 0.1) is 0 Å². The molecule has 0 atom stereocenters. The maximum atomic E-state index is 9.93. The van der Waals surface area contributed by atoms with E-state index in [4.69, 9.17) is 0 Å². The van der Waals surface area contributed by atoms with Crippen molar-refractivity contribution in [3.63, 3.8) is 0 Å². The molecule has 0 saturated heterocycles. The van der Waals surface area contributed by atoms with Crippen LogP contribution < -0.4 is 0 Å². The van der Waals surface area contributed by atoms with E-state index >= 15 is 0 Å². The van der Waals surface area contributed by atoms with Crippen LogP contribution in [0.5, 0.6) is 0 Å². The molecule has 1 heterocycles. The molecule has 0 N–H and O–H groups in total. The number of rotatable bonds is 3. The fourth-order valence-corrected chi connectivity index (χ4v) is 0.323. The van der Waals surface area contributed by atoms with E-state index in [1.54, 1.807) is 6.08 Å². The van der Waals surface area contributed by atoms with Gasteiger partial charge in [-0.1, -0.05) is 80.1 Å². The fraction of sp³-hybridized carbons (Fsp3) is 0.812. The number of carbonyl (C=O) groups excluding carboxylic acids is 1. The van der Waals surface area contributed by atoms with Crippen LogP contribution in [0.1, 0.15) is 80.1 Å². The molecule has 1 rings (SSSR count). The Kier molecular flexibility index (Phi) is 44.3. The van der Waals surface area contributed by atoms with E-state index in [-0.39, 0.29) is 29.9 Å². The SMILES string of the molecule is CCCC.CCCC.CCCC.O=C1C=CCO1.[Sn]. The summed E-state index contributed by atoms with van der Waals surface area (Å²) in [5.74, 6) is -0.227. The van der Waals surface area contributed by atoms with Gasteiger partial charge in [0.1, 0.15) is 6.61 Å². The molecule has 0 aromatic carbocycles. The van der Waals surface area contributed by atoms with Crippen molar-refractivity contribution in [2.24, 2.45) is 0 Å². The molecule has 1 aliphatic heterocycles. The van der Waals surface area contributed by atoms with Crippen LogP contribution in [0.4, 0.5) is 0 Å². The molecule has 2 nitrogen and oxygen atoms in total. The van der Waals surface area contributed by atoms with Crippen molar-refractivity contribution in [3.05, 3.63) is 12.2 Å². The molecule has 0 aromatic rings. The topological polar surface area (TPSA) is 26.3 Å². The molecule has 0 aliphatic carbocycles. The minimum atomic E-state index is -0.227. The summed E-state index contributed by atoms with van der Waals surface area (Å²) in [5, 5.41) is 0. The van der Waals surface area contributed by atoms with E-state index in [0.717, 1.165) is 0 Å². The zero-order valence-corrected chi connectivity index (χ0v) is 16.8. The van der Waals surface area contributed by atoms with Crippen LogP contribution in [0.3, 0.4) is 0 Å². The van der Waals surface area contributed by atoms with Gasteiger partial charge in [-0.25, -0.2) is 4.79 Å². The van der Waals surface area contributed by atoms with Gasteiger partial charge in [0.25, 0.3) is 0 Å². The summed E-state index contributed by atoms with van der Waals surface area (Å²) >= 11 is 0. The van der Waals surface area contributed by atoms with Crippen molar-refractivity contribution in [1.29, 1.82) is 0 Å². The van der Waals surface area contributed by atoms with E-state index in [1.165, 1.54) is 44.6 Å². The minimum Gasteiger partial charge on any atom is -0.458 e. The number of hydrogen-bond donors (Lipinski definition) is 0. The summed E-state index contributed by atoms with van der Waals surface area (Å²) in [6.07, 6.45) is 11.0. The summed E-state index contributed by atoms with van der Waals surface area (Å²) in [7, 11) is 0. The van der Waals surface area contributed by atoms with Gasteiger partial charge >= 0.3 is 5.97 Å². The summed E-state index contributed by atoms with van der Waals surface area (Å²) in [5.41, 5.74) is 0. The molecule has 1 aliphatic rings. The molecule has 19 heavy (non-hydrogen) atoms. The number of hydrogen-bond acceptors (Lipinski definition) is 2. The van der Waals surface area contributed by atoms with E-state index < -0.39 is 0 Å². The summed E-state index contributed by atoms with van der Waals surface area (Å²) in [6.45, 7) is 13.5. The summed E-state index contributed by atoms with van der Waals surface area (Å²) in [6, 6.07) is 0. The Balaban J connectivity index is -0.0000000796. The molecule has 3 heteroatoms. The first-order chi connectivity index (χ1) is 8.64. The zero-order chi connectivity index (χ0) is 14.6. The van der Waals surface area contributed by atoms with Gasteiger partial charge in [0.05, 0.1) is 0 Å². The van der Waals surface area contributed by atoms with Gasteiger partial charge in [-0.2, -0.15) is 0 Å². The van der Waals surface area contributed by atoms with Crippen LogP contribution in [0.15, 0.2) is 12.2 Å². The van der Waals surface area contributed by atoms with E-state index in [9.17, 15) is 4.79 Å². The maximum Gasteiger partial charge on any atom is 0.330 e. The van der Waals surface area contributed by atoms with Crippen molar-refractivity contribution in [1.82, 2.24) is 0 Å². The Morgan fingerprint density at radius 2 is 1.16 bits per heavy atom. The van der Waals surface area contributed by atoms with Crippen molar-refractivity contribution < 1.29 is 9.53 Å². The van der Waals surface area contributed by atoms with Gasteiger partial charge in [0.15, 0.2) is 0 Å². The van der Waals surface area contributed by atoms with Crippen molar-refractivity contribution >= 4 is 29.9 Å². The second-order valence-corrected chi connectivity index (χ2v) is 4.03. The normalized spacial score (nSPS) is 10.5. The molecule has 0 saturated carbocycles. The molecule has 0 aromatic heterocycles. The average molecular weight is 377 g/mol. The van der Waals surface area contributed by atoms with Gasteiger partial charge in [-0.15, -0.1) is 0 Å². The summed E-state index contributed by atoms with van der Waals surface area (Å²) in [4.78, 5) is 9.93. The molecule has 0 bridgehead atoms. The van der Waals surface area contributed by atoms with Crippen LogP contribution >= 0.6 is 0 Å². The van der Waals surface area contributed by atoms with E-state index in [2.05, 4.69) is 46.3 Å².